The van der Waals surface area contributed by atoms with Gasteiger partial charge in [-0.15, -0.1) is 11.3 Å². The number of pyridine rings is 1. The summed E-state index contributed by atoms with van der Waals surface area (Å²) in [5.74, 6) is 1.08. The van der Waals surface area contributed by atoms with Gasteiger partial charge in [0.05, 0.1) is 5.01 Å². The Kier molecular flexibility index (Phi) is 7.40. The zero-order valence-electron chi connectivity index (χ0n) is 20.7. The van der Waals surface area contributed by atoms with Gasteiger partial charge in [-0.3, -0.25) is 0 Å². The number of benzene rings is 1. The minimum Gasteiger partial charge on any atom is -0.438 e. The van der Waals surface area contributed by atoms with Crippen molar-refractivity contribution in [1.29, 1.82) is 0 Å². The van der Waals surface area contributed by atoms with Gasteiger partial charge in [0, 0.05) is 36.3 Å². The smallest absolute Gasteiger partial charge is 0.436 e. The van der Waals surface area contributed by atoms with Crippen LogP contribution in [0.25, 0.3) is 0 Å². The molecule has 0 bridgehead atoms. The van der Waals surface area contributed by atoms with Gasteiger partial charge in [-0.25, -0.2) is 9.97 Å². The van der Waals surface area contributed by atoms with E-state index in [2.05, 4.69) is 30.7 Å². The highest BCUT2D eigenvalue weighted by molar-refractivity contribution is 7.16. The standard InChI is InChI=1S/C27H32F3N3OS/c1-5-19-12-8-9-16-33(19)25-23(27(28,29)30)32-22(35-25)17-18-11-10-15-31-24(18)34-21-14-7-6-13-20(21)26(2,3)4/h6-7,10-11,13-15,19H,5,8-9,12,16-17H2,1-4H3. The molecular formula is C27H32F3N3OS. The lowest BCUT2D eigenvalue weighted by Gasteiger charge is -2.36. The molecule has 3 heterocycles. The average molecular weight is 504 g/mol. The Labute approximate surface area is 209 Å². The fourth-order valence-electron chi connectivity index (χ4n) is 4.60. The van der Waals surface area contributed by atoms with E-state index in [4.69, 9.17) is 4.74 Å². The molecule has 35 heavy (non-hydrogen) atoms. The number of aromatic nitrogens is 2. The molecule has 0 amide bonds. The zero-order chi connectivity index (χ0) is 25.2. The summed E-state index contributed by atoms with van der Waals surface area (Å²) < 4.78 is 48.2. The molecule has 1 fully saturated rings. The number of alkyl halides is 3. The van der Waals surface area contributed by atoms with E-state index < -0.39 is 11.9 Å². The van der Waals surface area contributed by atoms with Crippen LogP contribution in [-0.2, 0) is 18.0 Å². The molecule has 1 unspecified atom stereocenters. The van der Waals surface area contributed by atoms with Crippen LogP contribution in [0.3, 0.4) is 0 Å². The predicted molar refractivity (Wildman–Crippen MR) is 135 cm³/mol. The van der Waals surface area contributed by atoms with Gasteiger partial charge in [0.1, 0.15) is 10.8 Å². The van der Waals surface area contributed by atoms with Crippen LogP contribution in [0.4, 0.5) is 18.2 Å². The quantitative estimate of drug-likeness (QED) is 0.341. The second-order valence-electron chi connectivity index (χ2n) is 10.0. The highest BCUT2D eigenvalue weighted by Crippen LogP contribution is 2.43. The number of piperidine rings is 1. The normalized spacial score (nSPS) is 17.0. The van der Waals surface area contributed by atoms with Crippen LogP contribution < -0.4 is 9.64 Å². The van der Waals surface area contributed by atoms with Crippen molar-refractivity contribution in [3.63, 3.8) is 0 Å². The Morgan fingerprint density at radius 1 is 1.09 bits per heavy atom. The Morgan fingerprint density at radius 2 is 1.86 bits per heavy atom. The molecule has 188 valence electrons. The summed E-state index contributed by atoms with van der Waals surface area (Å²) in [6.07, 6.45) is 1.03. The Hall–Kier alpha value is -2.61. The average Bonchev–Trinajstić information content (AvgIpc) is 3.24. The van der Waals surface area contributed by atoms with Gasteiger partial charge < -0.3 is 9.64 Å². The molecule has 1 aliphatic rings. The minimum absolute atomic E-state index is 0.115. The summed E-state index contributed by atoms with van der Waals surface area (Å²) in [6.45, 7) is 8.98. The van der Waals surface area contributed by atoms with Crippen molar-refractivity contribution in [3.05, 3.63) is 64.4 Å². The Balaban J connectivity index is 1.67. The number of rotatable bonds is 6. The lowest BCUT2D eigenvalue weighted by atomic mass is 9.86. The number of ether oxygens (including phenoxy) is 1. The van der Waals surface area contributed by atoms with Gasteiger partial charge >= 0.3 is 6.18 Å². The van der Waals surface area contributed by atoms with E-state index in [-0.39, 0.29) is 22.9 Å². The van der Waals surface area contributed by atoms with E-state index >= 15 is 0 Å². The van der Waals surface area contributed by atoms with Crippen LogP contribution in [0.15, 0.2) is 42.6 Å². The van der Waals surface area contributed by atoms with Crippen molar-refractivity contribution >= 4 is 16.3 Å². The summed E-state index contributed by atoms with van der Waals surface area (Å²) in [6, 6.07) is 11.5. The molecule has 4 rings (SSSR count). The van der Waals surface area contributed by atoms with E-state index in [0.29, 0.717) is 28.7 Å². The molecule has 0 spiro atoms. The van der Waals surface area contributed by atoms with E-state index in [1.165, 1.54) is 0 Å². The first-order valence-electron chi connectivity index (χ1n) is 12.1. The maximum absolute atomic E-state index is 14.0. The topological polar surface area (TPSA) is 38.2 Å². The molecule has 1 saturated heterocycles. The number of hydrogen-bond donors (Lipinski definition) is 0. The number of hydrogen-bond acceptors (Lipinski definition) is 5. The molecule has 8 heteroatoms. The largest absolute Gasteiger partial charge is 0.438 e. The van der Waals surface area contributed by atoms with Crippen molar-refractivity contribution in [2.75, 3.05) is 11.4 Å². The molecule has 4 nitrogen and oxygen atoms in total. The van der Waals surface area contributed by atoms with Gasteiger partial charge in [-0.1, -0.05) is 52.0 Å². The van der Waals surface area contributed by atoms with Gasteiger partial charge in [-0.2, -0.15) is 13.2 Å². The van der Waals surface area contributed by atoms with E-state index in [0.717, 1.165) is 42.6 Å². The van der Waals surface area contributed by atoms with Gasteiger partial charge in [0.15, 0.2) is 5.69 Å². The molecule has 0 saturated carbocycles. The fraction of sp³-hybridized carbons (Fsp3) is 0.481. The summed E-state index contributed by atoms with van der Waals surface area (Å²) in [5, 5.41) is 0.651. The number of para-hydroxylation sites is 1. The molecule has 1 atom stereocenters. The van der Waals surface area contributed by atoms with Crippen molar-refractivity contribution in [3.8, 4) is 11.6 Å². The van der Waals surface area contributed by atoms with Crippen molar-refractivity contribution in [1.82, 2.24) is 9.97 Å². The van der Waals surface area contributed by atoms with Crippen molar-refractivity contribution in [2.45, 2.75) is 77.4 Å². The Bertz CT molecular complexity index is 1150. The first-order chi connectivity index (χ1) is 16.6. The van der Waals surface area contributed by atoms with Crippen LogP contribution in [0.5, 0.6) is 11.6 Å². The maximum Gasteiger partial charge on any atom is 0.436 e. The molecule has 2 aromatic heterocycles. The third-order valence-electron chi connectivity index (χ3n) is 6.37. The van der Waals surface area contributed by atoms with Crippen LogP contribution in [-0.4, -0.2) is 22.6 Å². The Morgan fingerprint density at radius 3 is 2.57 bits per heavy atom. The fourth-order valence-corrected chi connectivity index (χ4v) is 5.80. The van der Waals surface area contributed by atoms with Crippen molar-refractivity contribution < 1.29 is 17.9 Å². The summed E-state index contributed by atoms with van der Waals surface area (Å²) >= 11 is 1.14. The minimum atomic E-state index is -4.50. The molecule has 0 radical (unpaired) electrons. The van der Waals surface area contributed by atoms with E-state index in [1.807, 2.05) is 42.2 Å². The number of halogens is 3. The third-order valence-corrected chi connectivity index (χ3v) is 7.47. The molecule has 0 aliphatic carbocycles. The summed E-state index contributed by atoms with van der Waals surface area (Å²) in [7, 11) is 0. The zero-order valence-corrected chi connectivity index (χ0v) is 21.5. The van der Waals surface area contributed by atoms with Crippen LogP contribution in [0.1, 0.15) is 75.2 Å². The van der Waals surface area contributed by atoms with Gasteiger partial charge in [0.2, 0.25) is 5.88 Å². The molecular weight excluding hydrogens is 471 g/mol. The molecule has 0 N–H and O–H groups in total. The first kappa shape index (κ1) is 25.5. The van der Waals surface area contributed by atoms with Crippen LogP contribution in [0.2, 0.25) is 0 Å². The molecule has 1 aromatic carbocycles. The molecule has 1 aliphatic heterocycles. The highest BCUT2D eigenvalue weighted by Gasteiger charge is 2.40. The monoisotopic (exact) mass is 503 g/mol. The lowest BCUT2D eigenvalue weighted by Crippen LogP contribution is -2.39. The van der Waals surface area contributed by atoms with E-state index in [1.54, 1.807) is 12.3 Å². The maximum atomic E-state index is 14.0. The SMILES string of the molecule is CCC1CCCCN1c1sc(Cc2cccnc2Oc2ccccc2C(C)(C)C)nc1C(F)(F)F. The summed E-state index contributed by atoms with van der Waals surface area (Å²) in [5.41, 5.74) is 0.822. The number of nitrogens with zero attached hydrogens (tertiary/aromatic N) is 3. The van der Waals surface area contributed by atoms with Gasteiger partial charge in [-0.05, 0) is 43.2 Å². The second kappa shape index (κ2) is 10.2. The first-order valence-corrected chi connectivity index (χ1v) is 12.9. The van der Waals surface area contributed by atoms with E-state index in [9.17, 15) is 13.2 Å². The second-order valence-corrected chi connectivity index (χ2v) is 11.1. The third kappa shape index (κ3) is 5.80. The number of thiazole rings is 1. The highest BCUT2D eigenvalue weighted by atomic mass is 32.1. The van der Waals surface area contributed by atoms with Crippen LogP contribution in [0, 0.1) is 0 Å². The predicted octanol–water partition coefficient (Wildman–Crippen LogP) is 8.01. The molecule has 3 aromatic rings. The van der Waals surface area contributed by atoms with Crippen molar-refractivity contribution in [2.24, 2.45) is 0 Å². The lowest BCUT2D eigenvalue weighted by molar-refractivity contribution is -0.140. The summed E-state index contributed by atoms with van der Waals surface area (Å²) in [4.78, 5) is 10.4. The number of anilines is 1. The van der Waals surface area contributed by atoms with Crippen LogP contribution >= 0.6 is 11.3 Å². The van der Waals surface area contributed by atoms with Gasteiger partial charge in [0.25, 0.3) is 0 Å².